The van der Waals surface area contributed by atoms with Gasteiger partial charge in [-0.2, -0.15) is 5.10 Å². The molecule has 0 aliphatic heterocycles. The van der Waals surface area contributed by atoms with Crippen LogP contribution in [-0.2, 0) is 16.1 Å². The highest BCUT2D eigenvalue weighted by Gasteiger charge is 2.29. The zero-order valence-electron chi connectivity index (χ0n) is 8.45. The molecule has 0 unspecified atom stereocenters. The van der Waals surface area contributed by atoms with E-state index < -0.39 is 5.41 Å². The third-order valence-corrected chi connectivity index (χ3v) is 2.45. The maximum absolute atomic E-state index is 11.4. The number of esters is 1. The summed E-state index contributed by atoms with van der Waals surface area (Å²) in [5.41, 5.74) is -0.538. The Morgan fingerprint density at radius 2 is 2.36 bits per heavy atom. The maximum atomic E-state index is 11.4. The van der Waals surface area contributed by atoms with Gasteiger partial charge in [0.2, 0.25) is 0 Å². The predicted molar refractivity (Wildman–Crippen MR) is 60.7 cm³/mol. The number of nitrogens with zero attached hydrogens (tertiary/aromatic N) is 2. The summed E-state index contributed by atoms with van der Waals surface area (Å²) in [5, 5.41) is 4.12. The molecule has 78 valence electrons. The van der Waals surface area contributed by atoms with Crippen molar-refractivity contribution in [1.29, 1.82) is 0 Å². The Bertz CT molecular complexity index is 333. The first-order chi connectivity index (χ1) is 6.45. The van der Waals surface area contributed by atoms with Crippen LogP contribution < -0.4 is 0 Å². The van der Waals surface area contributed by atoms with Crippen molar-refractivity contribution in [2.75, 3.05) is 7.11 Å². The largest absolute Gasteiger partial charge is 0.469 e. The average molecular weight is 308 g/mol. The van der Waals surface area contributed by atoms with Crippen molar-refractivity contribution >= 4 is 28.6 Å². The predicted octanol–water partition coefficient (Wildman–Crippen LogP) is 1.69. The van der Waals surface area contributed by atoms with E-state index in [0.29, 0.717) is 6.54 Å². The van der Waals surface area contributed by atoms with Crippen LogP contribution in [0.15, 0.2) is 12.4 Å². The number of halogens is 1. The Hall–Kier alpha value is -0.590. The first-order valence-corrected chi connectivity index (χ1v) is 5.30. The molecule has 0 aliphatic rings. The van der Waals surface area contributed by atoms with Crippen molar-refractivity contribution in [2.45, 2.75) is 20.4 Å². The average Bonchev–Trinajstić information content (AvgIpc) is 2.48. The number of ether oxygens (including phenoxy) is 1. The van der Waals surface area contributed by atoms with Crippen LogP contribution in [0.25, 0.3) is 0 Å². The molecule has 1 aromatic heterocycles. The lowest BCUT2D eigenvalue weighted by molar-refractivity contribution is -0.151. The lowest BCUT2D eigenvalue weighted by Gasteiger charge is -2.20. The fourth-order valence-electron chi connectivity index (χ4n) is 1.17. The first kappa shape index (κ1) is 11.5. The van der Waals surface area contributed by atoms with Crippen molar-refractivity contribution in [3.63, 3.8) is 0 Å². The first-order valence-electron chi connectivity index (χ1n) is 4.22. The van der Waals surface area contributed by atoms with Crippen molar-refractivity contribution in [3.8, 4) is 0 Å². The van der Waals surface area contributed by atoms with Crippen molar-refractivity contribution in [3.05, 3.63) is 16.0 Å². The third kappa shape index (κ3) is 2.70. The van der Waals surface area contributed by atoms with Gasteiger partial charge in [0.05, 0.1) is 28.8 Å². The van der Waals surface area contributed by atoms with Crippen LogP contribution in [-0.4, -0.2) is 22.9 Å². The van der Waals surface area contributed by atoms with Crippen LogP contribution in [0.1, 0.15) is 13.8 Å². The van der Waals surface area contributed by atoms with Crippen molar-refractivity contribution < 1.29 is 9.53 Å². The highest BCUT2D eigenvalue weighted by molar-refractivity contribution is 14.1. The normalized spacial score (nSPS) is 11.4. The second-order valence-electron chi connectivity index (χ2n) is 3.73. The molecule has 5 heteroatoms. The van der Waals surface area contributed by atoms with Gasteiger partial charge in [0.15, 0.2) is 0 Å². The SMILES string of the molecule is COC(=O)C(C)(C)Cn1cc(I)cn1. The third-order valence-electron chi connectivity index (χ3n) is 1.90. The molecule has 1 heterocycles. The zero-order chi connectivity index (χ0) is 10.8. The number of carbonyl (C=O) groups excluding carboxylic acids is 1. The van der Waals surface area contributed by atoms with E-state index in [1.807, 2.05) is 20.0 Å². The fourth-order valence-corrected chi connectivity index (χ4v) is 1.62. The lowest BCUT2D eigenvalue weighted by Crippen LogP contribution is -2.30. The van der Waals surface area contributed by atoms with E-state index >= 15 is 0 Å². The van der Waals surface area contributed by atoms with Crippen LogP contribution in [0.4, 0.5) is 0 Å². The Kier molecular flexibility index (Phi) is 3.52. The molecular formula is C9H13IN2O2. The number of rotatable bonds is 3. The summed E-state index contributed by atoms with van der Waals surface area (Å²) in [6.45, 7) is 4.21. The molecule has 0 spiro atoms. The van der Waals surface area contributed by atoms with Gasteiger partial charge in [-0.25, -0.2) is 0 Å². The van der Waals surface area contributed by atoms with Gasteiger partial charge >= 0.3 is 5.97 Å². The van der Waals surface area contributed by atoms with Crippen LogP contribution >= 0.6 is 22.6 Å². The van der Waals surface area contributed by atoms with Gasteiger partial charge in [-0.3, -0.25) is 9.48 Å². The monoisotopic (exact) mass is 308 g/mol. The summed E-state index contributed by atoms with van der Waals surface area (Å²) >= 11 is 2.18. The molecule has 0 fully saturated rings. The van der Waals surface area contributed by atoms with Gasteiger partial charge in [-0.15, -0.1) is 0 Å². The number of methoxy groups -OCH3 is 1. The summed E-state index contributed by atoms with van der Waals surface area (Å²) in [7, 11) is 1.40. The van der Waals surface area contributed by atoms with E-state index in [0.717, 1.165) is 3.57 Å². The standard InChI is InChI=1S/C9H13IN2O2/c1-9(2,8(13)14-3)6-12-5-7(10)4-11-12/h4-5H,6H2,1-3H3. The summed E-state index contributed by atoms with van der Waals surface area (Å²) < 4.78 is 7.52. The lowest BCUT2D eigenvalue weighted by atomic mass is 9.94. The van der Waals surface area contributed by atoms with E-state index in [2.05, 4.69) is 27.7 Å². The molecule has 1 aromatic rings. The Labute approximate surface area is 96.8 Å². The molecule has 0 aromatic carbocycles. The molecule has 14 heavy (non-hydrogen) atoms. The van der Waals surface area contributed by atoms with E-state index in [1.165, 1.54) is 7.11 Å². The van der Waals surface area contributed by atoms with Gasteiger partial charge in [0.1, 0.15) is 0 Å². The second kappa shape index (κ2) is 4.29. The Morgan fingerprint density at radius 3 is 2.79 bits per heavy atom. The van der Waals surface area contributed by atoms with Crippen LogP contribution in [0.3, 0.4) is 0 Å². The number of hydrogen-bond acceptors (Lipinski definition) is 3. The highest BCUT2D eigenvalue weighted by Crippen LogP contribution is 2.19. The minimum atomic E-state index is -0.538. The molecule has 0 bridgehead atoms. The Morgan fingerprint density at radius 1 is 1.71 bits per heavy atom. The molecular weight excluding hydrogens is 295 g/mol. The van der Waals surface area contributed by atoms with E-state index in [-0.39, 0.29) is 5.97 Å². The zero-order valence-corrected chi connectivity index (χ0v) is 10.6. The molecule has 0 saturated carbocycles. The number of carbonyl (C=O) groups is 1. The maximum Gasteiger partial charge on any atom is 0.313 e. The molecule has 1 rings (SSSR count). The smallest absolute Gasteiger partial charge is 0.313 e. The van der Waals surface area contributed by atoms with Gasteiger partial charge in [-0.05, 0) is 36.4 Å². The molecule has 0 radical (unpaired) electrons. The van der Waals surface area contributed by atoms with Gasteiger partial charge in [0.25, 0.3) is 0 Å². The van der Waals surface area contributed by atoms with Crippen LogP contribution in [0.5, 0.6) is 0 Å². The number of hydrogen-bond donors (Lipinski definition) is 0. The molecule has 0 amide bonds. The fraction of sp³-hybridized carbons (Fsp3) is 0.556. The van der Waals surface area contributed by atoms with Gasteiger partial charge in [-0.1, -0.05) is 0 Å². The quantitative estimate of drug-likeness (QED) is 0.630. The Balaban J connectivity index is 2.72. The summed E-state index contributed by atoms with van der Waals surface area (Å²) in [6, 6.07) is 0. The van der Waals surface area contributed by atoms with Crippen molar-refractivity contribution in [1.82, 2.24) is 9.78 Å². The molecule has 0 saturated heterocycles. The highest BCUT2D eigenvalue weighted by atomic mass is 127. The molecule has 0 N–H and O–H groups in total. The minimum absolute atomic E-state index is 0.219. The number of aromatic nitrogens is 2. The summed E-state index contributed by atoms with van der Waals surface area (Å²) in [4.78, 5) is 11.4. The topological polar surface area (TPSA) is 44.1 Å². The van der Waals surface area contributed by atoms with Crippen molar-refractivity contribution in [2.24, 2.45) is 5.41 Å². The second-order valence-corrected chi connectivity index (χ2v) is 4.98. The summed E-state index contributed by atoms with van der Waals surface area (Å²) in [6.07, 6.45) is 3.65. The van der Waals surface area contributed by atoms with E-state index in [4.69, 9.17) is 4.74 Å². The van der Waals surface area contributed by atoms with Crippen LogP contribution in [0, 0.1) is 8.99 Å². The van der Waals surface area contributed by atoms with E-state index in [9.17, 15) is 4.79 Å². The molecule has 0 aliphatic carbocycles. The minimum Gasteiger partial charge on any atom is -0.469 e. The molecule has 4 nitrogen and oxygen atoms in total. The van der Waals surface area contributed by atoms with E-state index in [1.54, 1.807) is 10.9 Å². The molecule has 0 atom stereocenters. The van der Waals surface area contributed by atoms with Gasteiger partial charge < -0.3 is 4.74 Å². The van der Waals surface area contributed by atoms with Gasteiger partial charge in [0, 0.05) is 6.20 Å². The summed E-state index contributed by atoms with van der Waals surface area (Å²) in [5.74, 6) is -0.219. The van der Waals surface area contributed by atoms with Crippen LogP contribution in [0.2, 0.25) is 0 Å².